The maximum Gasteiger partial charge on any atom is 0.0794 e. The van der Waals surface area contributed by atoms with Gasteiger partial charge in [-0.05, 0) is 6.92 Å². The van der Waals surface area contributed by atoms with Crippen LogP contribution in [0, 0.1) is 0 Å². The first-order valence-corrected chi connectivity index (χ1v) is 5.86. The number of nitrogens with zero attached hydrogens (tertiary/aromatic N) is 3. The summed E-state index contributed by atoms with van der Waals surface area (Å²) in [5.74, 6) is 0. The van der Waals surface area contributed by atoms with Crippen LogP contribution in [0.25, 0.3) is 0 Å². The van der Waals surface area contributed by atoms with Crippen molar-refractivity contribution in [1.82, 2.24) is 20.1 Å². The van der Waals surface area contributed by atoms with Gasteiger partial charge in [0.05, 0.1) is 11.7 Å². The van der Waals surface area contributed by atoms with Gasteiger partial charge in [-0.25, -0.2) is 0 Å². The van der Waals surface area contributed by atoms with Gasteiger partial charge in [0, 0.05) is 42.5 Å². The van der Waals surface area contributed by atoms with Crippen LogP contribution < -0.4 is 5.32 Å². The third kappa shape index (κ3) is 2.87. The number of aryl methyl sites for hydroxylation is 1. The molecular weight excluding hydrogens is 208 g/mol. The van der Waals surface area contributed by atoms with Gasteiger partial charge in [0.2, 0.25) is 0 Å². The normalized spacial score (nSPS) is 10.7. The van der Waals surface area contributed by atoms with Crippen molar-refractivity contribution in [3.05, 3.63) is 34.5 Å². The van der Waals surface area contributed by atoms with Gasteiger partial charge in [-0.2, -0.15) is 5.10 Å². The van der Waals surface area contributed by atoms with Crippen molar-refractivity contribution < 1.29 is 0 Å². The molecule has 80 valence electrons. The molecule has 0 aromatic carbocycles. The van der Waals surface area contributed by atoms with E-state index in [0.29, 0.717) is 0 Å². The summed E-state index contributed by atoms with van der Waals surface area (Å²) in [6.07, 6.45) is 5.87. The average Bonchev–Trinajstić information content (AvgIpc) is 2.88. The molecule has 0 atom stereocenters. The minimum atomic E-state index is 0.859. The molecule has 0 saturated carbocycles. The Bertz CT molecular complexity index is 393. The minimum Gasteiger partial charge on any atom is -0.308 e. The Morgan fingerprint density at radius 3 is 3.00 bits per heavy atom. The first-order valence-electron chi connectivity index (χ1n) is 4.98. The fourth-order valence-electron chi connectivity index (χ4n) is 1.33. The van der Waals surface area contributed by atoms with E-state index in [-0.39, 0.29) is 0 Å². The van der Waals surface area contributed by atoms with E-state index in [9.17, 15) is 0 Å². The summed E-state index contributed by atoms with van der Waals surface area (Å²) in [6, 6.07) is 0. The Labute approximate surface area is 93.0 Å². The van der Waals surface area contributed by atoms with E-state index < -0.39 is 0 Å². The second-order valence-electron chi connectivity index (χ2n) is 3.28. The Morgan fingerprint density at radius 2 is 2.33 bits per heavy atom. The van der Waals surface area contributed by atoms with E-state index in [1.54, 1.807) is 11.3 Å². The number of aromatic nitrogens is 3. The highest BCUT2D eigenvalue weighted by Crippen LogP contribution is 2.05. The maximum atomic E-state index is 4.22. The molecule has 0 aliphatic heterocycles. The fourth-order valence-corrected chi connectivity index (χ4v) is 1.89. The van der Waals surface area contributed by atoms with E-state index >= 15 is 0 Å². The van der Waals surface area contributed by atoms with E-state index in [1.165, 1.54) is 10.4 Å². The average molecular weight is 222 g/mol. The topological polar surface area (TPSA) is 42.7 Å². The van der Waals surface area contributed by atoms with E-state index in [4.69, 9.17) is 0 Å². The van der Waals surface area contributed by atoms with E-state index in [2.05, 4.69) is 28.5 Å². The maximum absolute atomic E-state index is 4.22. The Balaban J connectivity index is 1.78. The summed E-state index contributed by atoms with van der Waals surface area (Å²) in [4.78, 5) is 5.29. The Morgan fingerprint density at radius 1 is 1.40 bits per heavy atom. The lowest BCUT2D eigenvalue weighted by Crippen LogP contribution is -2.11. The Hall–Kier alpha value is -1.20. The first-order chi connectivity index (χ1) is 7.38. The van der Waals surface area contributed by atoms with Crippen molar-refractivity contribution >= 4 is 11.3 Å². The van der Waals surface area contributed by atoms with Crippen molar-refractivity contribution in [2.24, 2.45) is 0 Å². The van der Waals surface area contributed by atoms with Gasteiger partial charge in [-0.3, -0.25) is 9.67 Å². The summed E-state index contributed by atoms with van der Waals surface area (Å²) >= 11 is 1.67. The second-order valence-corrected chi connectivity index (χ2v) is 4.25. The summed E-state index contributed by atoms with van der Waals surface area (Å²) < 4.78 is 1.93. The minimum absolute atomic E-state index is 0.859. The summed E-state index contributed by atoms with van der Waals surface area (Å²) in [7, 11) is 0. The van der Waals surface area contributed by atoms with Gasteiger partial charge in [-0.1, -0.05) is 0 Å². The second kappa shape index (κ2) is 5.04. The highest BCUT2D eigenvalue weighted by Gasteiger charge is 1.97. The van der Waals surface area contributed by atoms with Crippen LogP contribution >= 0.6 is 11.3 Å². The molecule has 1 N–H and O–H groups in total. The van der Waals surface area contributed by atoms with Gasteiger partial charge in [-0.15, -0.1) is 11.3 Å². The van der Waals surface area contributed by atoms with Crippen LogP contribution in [0.3, 0.4) is 0 Å². The lowest BCUT2D eigenvalue weighted by atomic mass is 10.3. The van der Waals surface area contributed by atoms with Crippen LogP contribution in [0.15, 0.2) is 24.1 Å². The molecule has 0 aliphatic carbocycles. The lowest BCUT2D eigenvalue weighted by molar-refractivity contribution is 0.656. The Kier molecular flexibility index (Phi) is 3.47. The van der Waals surface area contributed by atoms with Gasteiger partial charge < -0.3 is 5.32 Å². The molecule has 0 radical (unpaired) electrons. The number of hydrogen-bond donors (Lipinski definition) is 1. The van der Waals surface area contributed by atoms with Crippen LogP contribution in [0.5, 0.6) is 0 Å². The van der Waals surface area contributed by atoms with Gasteiger partial charge >= 0.3 is 0 Å². The molecule has 4 nitrogen and oxygen atoms in total. The predicted molar refractivity (Wildman–Crippen MR) is 60.6 cm³/mol. The van der Waals surface area contributed by atoms with Gasteiger partial charge in [0.15, 0.2) is 0 Å². The van der Waals surface area contributed by atoms with Crippen molar-refractivity contribution in [2.45, 2.75) is 26.6 Å². The molecular formula is C10H14N4S. The summed E-state index contributed by atoms with van der Waals surface area (Å²) in [5.41, 5.74) is 3.08. The monoisotopic (exact) mass is 222 g/mol. The molecule has 2 rings (SSSR count). The van der Waals surface area contributed by atoms with Crippen molar-refractivity contribution in [1.29, 1.82) is 0 Å². The number of rotatable bonds is 5. The molecule has 2 heterocycles. The van der Waals surface area contributed by atoms with Gasteiger partial charge in [0.25, 0.3) is 0 Å². The molecule has 2 aromatic heterocycles. The lowest BCUT2D eigenvalue weighted by Gasteiger charge is -1.99. The zero-order chi connectivity index (χ0) is 10.5. The van der Waals surface area contributed by atoms with Crippen LogP contribution in [-0.4, -0.2) is 14.8 Å². The zero-order valence-electron chi connectivity index (χ0n) is 8.68. The standard InChI is InChI=1S/C10H14N4S/c1-2-14-7-9(4-13-14)3-11-5-10-6-12-8-15-10/h4,6-8,11H,2-3,5H2,1H3. The van der Waals surface area contributed by atoms with E-state index in [1.807, 2.05) is 22.6 Å². The molecule has 15 heavy (non-hydrogen) atoms. The molecule has 0 aliphatic rings. The summed E-state index contributed by atoms with van der Waals surface area (Å²) in [5, 5.41) is 7.58. The third-order valence-electron chi connectivity index (χ3n) is 2.12. The molecule has 0 fully saturated rings. The smallest absolute Gasteiger partial charge is 0.0794 e. The fraction of sp³-hybridized carbons (Fsp3) is 0.400. The van der Waals surface area contributed by atoms with Crippen LogP contribution in [0.1, 0.15) is 17.4 Å². The zero-order valence-corrected chi connectivity index (χ0v) is 9.50. The number of hydrogen-bond acceptors (Lipinski definition) is 4. The van der Waals surface area contributed by atoms with Crippen molar-refractivity contribution in [3.63, 3.8) is 0 Å². The van der Waals surface area contributed by atoms with E-state index in [0.717, 1.165) is 19.6 Å². The quantitative estimate of drug-likeness (QED) is 0.836. The molecule has 0 bridgehead atoms. The van der Waals surface area contributed by atoms with Crippen molar-refractivity contribution in [3.8, 4) is 0 Å². The van der Waals surface area contributed by atoms with Crippen LogP contribution in [0.4, 0.5) is 0 Å². The largest absolute Gasteiger partial charge is 0.308 e. The first kappa shape index (κ1) is 10.3. The highest BCUT2D eigenvalue weighted by atomic mass is 32.1. The molecule has 2 aromatic rings. The van der Waals surface area contributed by atoms with Crippen LogP contribution in [0.2, 0.25) is 0 Å². The summed E-state index contributed by atoms with van der Waals surface area (Å²) in [6.45, 7) is 4.75. The molecule has 0 saturated heterocycles. The SMILES string of the molecule is CCn1cc(CNCc2cncs2)cn1. The van der Waals surface area contributed by atoms with Crippen molar-refractivity contribution in [2.75, 3.05) is 0 Å². The molecule has 0 unspecified atom stereocenters. The van der Waals surface area contributed by atoms with Gasteiger partial charge in [0.1, 0.15) is 0 Å². The number of thiazole rings is 1. The highest BCUT2D eigenvalue weighted by molar-refractivity contribution is 7.09. The molecule has 0 amide bonds. The van der Waals surface area contributed by atoms with Crippen LogP contribution in [-0.2, 0) is 19.6 Å². The predicted octanol–water partition coefficient (Wildman–Crippen LogP) is 1.65. The molecule has 0 spiro atoms. The third-order valence-corrected chi connectivity index (χ3v) is 2.90. The molecule has 5 heteroatoms. The number of nitrogens with one attached hydrogen (secondary N) is 1.